The first-order valence-corrected chi connectivity index (χ1v) is 9.17. The molecule has 0 atom stereocenters. The molecule has 4 rings (SSSR count). The van der Waals surface area contributed by atoms with Crippen LogP contribution in [0.3, 0.4) is 0 Å². The van der Waals surface area contributed by atoms with Gasteiger partial charge < -0.3 is 19.7 Å². The van der Waals surface area contributed by atoms with E-state index in [2.05, 4.69) is 5.32 Å². The Morgan fingerprint density at radius 3 is 2.89 bits per heavy atom. The molecule has 0 aromatic heterocycles. The lowest BCUT2D eigenvalue weighted by Crippen LogP contribution is -2.39. The molecule has 0 unspecified atom stereocenters. The number of methoxy groups -OCH3 is 1. The summed E-state index contributed by atoms with van der Waals surface area (Å²) in [5.41, 5.74) is 3.83. The highest BCUT2D eigenvalue weighted by molar-refractivity contribution is 5.97. The Balaban J connectivity index is 1.48. The number of carbonyl (C=O) groups excluding carboxylic acids is 2. The van der Waals surface area contributed by atoms with E-state index in [1.807, 2.05) is 30.3 Å². The number of ether oxygens (including phenoxy) is 2. The van der Waals surface area contributed by atoms with Gasteiger partial charge in [-0.2, -0.15) is 0 Å². The van der Waals surface area contributed by atoms with Gasteiger partial charge in [-0.25, -0.2) is 0 Å². The zero-order valence-electron chi connectivity index (χ0n) is 15.3. The predicted molar refractivity (Wildman–Crippen MR) is 103 cm³/mol. The molecule has 140 valence electrons. The van der Waals surface area contributed by atoms with E-state index < -0.39 is 0 Å². The highest BCUT2D eigenvalue weighted by atomic mass is 16.5. The number of aryl methyl sites for hydroxylation is 2. The Morgan fingerprint density at radius 2 is 2.04 bits per heavy atom. The van der Waals surface area contributed by atoms with Crippen LogP contribution in [-0.4, -0.2) is 32.1 Å². The molecule has 2 aromatic carbocycles. The van der Waals surface area contributed by atoms with E-state index in [0.29, 0.717) is 30.9 Å². The molecule has 0 radical (unpaired) electrons. The number of hydrogen-bond donors (Lipinski definition) is 1. The van der Waals surface area contributed by atoms with Gasteiger partial charge in [-0.15, -0.1) is 0 Å². The third-order valence-corrected chi connectivity index (χ3v) is 5.04. The minimum absolute atomic E-state index is 0.0315. The quantitative estimate of drug-likeness (QED) is 0.903. The van der Waals surface area contributed by atoms with E-state index in [0.717, 1.165) is 35.3 Å². The molecule has 2 aliphatic heterocycles. The summed E-state index contributed by atoms with van der Waals surface area (Å²) in [6.07, 6.45) is 3.01. The zero-order chi connectivity index (χ0) is 18.8. The number of benzene rings is 2. The minimum Gasteiger partial charge on any atom is -0.495 e. The summed E-state index contributed by atoms with van der Waals surface area (Å²) in [7, 11) is 1.62. The molecule has 0 saturated heterocycles. The van der Waals surface area contributed by atoms with Crippen LogP contribution in [0.15, 0.2) is 36.4 Å². The number of nitrogens with zero attached hydrogens (tertiary/aromatic N) is 1. The second kappa shape index (κ2) is 7.31. The maximum absolute atomic E-state index is 12.8. The lowest BCUT2D eigenvalue weighted by molar-refractivity contribution is -0.120. The van der Waals surface area contributed by atoms with Crippen molar-refractivity contribution in [2.45, 2.75) is 25.7 Å². The maximum atomic E-state index is 12.8. The first kappa shape index (κ1) is 17.4. The predicted octanol–water partition coefficient (Wildman–Crippen LogP) is 2.94. The van der Waals surface area contributed by atoms with Crippen LogP contribution in [0, 0.1) is 0 Å². The van der Waals surface area contributed by atoms with Gasteiger partial charge in [0.15, 0.2) is 6.61 Å². The van der Waals surface area contributed by atoms with Gasteiger partial charge in [-0.3, -0.25) is 9.59 Å². The number of fused-ring (bicyclic) bond motifs is 2. The summed E-state index contributed by atoms with van der Waals surface area (Å²) in [4.78, 5) is 26.0. The maximum Gasteiger partial charge on any atom is 0.265 e. The molecule has 0 bridgehead atoms. The van der Waals surface area contributed by atoms with Crippen molar-refractivity contribution in [3.05, 3.63) is 47.5 Å². The number of hydrogen-bond acceptors (Lipinski definition) is 4. The van der Waals surface area contributed by atoms with Gasteiger partial charge in [0, 0.05) is 18.7 Å². The van der Waals surface area contributed by atoms with Crippen LogP contribution in [0.1, 0.15) is 24.0 Å². The van der Waals surface area contributed by atoms with Crippen molar-refractivity contribution in [2.24, 2.45) is 0 Å². The number of rotatable bonds is 4. The van der Waals surface area contributed by atoms with E-state index in [1.54, 1.807) is 18.1 Å². The Labute approximate surface area is 158 Å². The Morgan fingerprint density at radius 1 is 1.15 bits per heavy atom. The molecule has 0 fully saturated rings. The topological polar surface area (TPSA) is 67.9 Å². The lowest BCUT2D eigenvalue weighted by Gasteiger charge is -2.30. The van der Waals surface area contributed by atoms with Crippen LogP contribution >= 0.6 is 0 Å². The van der Waals surface area contributed by atoms with Gasteiger partial charge in [0.1, 0.15) is 11.5 Å². The standard InChI is InChI=1S/C21H22N2O4/c1-26-18-6-2-4-14-5-3-11-23(21(14)18)20(25)13-27-16-8-9-17-15(12-16)7-10-19(24)22-17/h2,4,6,8-9,12H,3,5,7,10-11,13H2,1H3,(H,22,24). The second-order valence-electron chi connectivity index (χ2n) is 6.77. The van der Waals surface area contributed by atoms with Gasteiger partial charge in [0.25, 0.3) is 5.91 Å². The fourth-order valence-electron chi connectivity index (χ4n) is 3.70. The first-order valence-electron chi connectivity index (χ1n) is 9.17. The first-order chi connectivity index (χ1) is 13.2. The highest BCUT2D eigenvalue weighted by Gasteiger charge is 2.26. The van der Waals surface area contributed by atoms with Crippen molar-refractivity contribution < 1.29 is 19.1 Å². The molecule has 1 N–H and O–H groups in total. The van der Waals surface area contributed by atoms with Crippen molar-refractivity contribution in [1.29, 1.82) is 0 Å². The van der Waals surface area contributed by atoms with Crippen LogP contribution in [0.2, 0.25) is 0 Å². The Bertz CT molecular complexity index is 879. The van der Waals surface area contributed by atoms with Crippen molar-refractivity contribution in [2.75, 3.05) is 30.5 Å². The number of nitrogens with one attached hydrogen (secondary N) is 1. The smallest absolute Gasteiger partial charge is 0.265 e. The van der Waals surface area contributed by atoms with E-state index in [4.69, 9.17) is 9.47 Å². The van der Waals surface area contributed by atoms with Crippen molar-refractivity contribution >= 4 is 23.2 Å². The van der Waals surface area contributed by atoms with Gasteiger partial charge in [0.05, 0.1) is 12.8 Å². The molecule has 2 aliphatic rings. The van der Waals surface area contributed by atoms with E-state index in [-0.39, 0.29) is 18.4 Å². The van der Waals surface area contributed by atoms with Crippen LogP contribution in [-0.2, 0) is 22.4 Å². The van der Waals surface area contributed by atoms with Crippen molar-refractivity contribution in [3.8, 4) is 11.5 Å². The van der Waals surface area contributed by atoms with E-state index in [1.165, 1.54) is 0 Å². The molecule has 6 heteroatoms. The summed E-state index contributed by atoms with van der Waals surface area (Å²) in [6, 6.07) is 11.4. The van der Waals surface area contributed by atoms with Gasteiger partial charge in [0.2, 0.25) is 5.91 Å². The van der Waals surface area contributed by atoms with Gasteiger partial charge in [-0.05, 0) is 54.7 Å². The molecule has 0 aliphatic carbocycles. The third-order valence-electron chi connectivity index (χ3n) is 5.04. The number of amides is 2. The van der Waals surface area contributed by atoms with Crippen LogP contribution in [0.5, 0.6) is 11.5 Å². The molecule has 2 aromatic rings. The van der Waals surface area contributed by atoms with Crippen molar-refractivity contribution in [3.63, 3.8) is 0 Å². The summed E-state index contributed by atoms with van der Waals surface area (Å²) >= 11 is 0. The lowest BCUT2D eigenvalue weighted by atomic mass is 10.0. The number of anilines is 2. The molecular weight excluding hydrogens is 344 g/mol. The molecule has 0 saturated carbocycles. The summed E-state index contributed by atoms with van der Waals surface area (Å²) in [5, 5.41) is 2.84. The third kappa shape index (κ3) is 3.47. The number of para-hydroxylation sites is 1. The zero-order valence-corrected chi connectivity index (χ0v) is 15.3. The number of carbonyl (C=O) groups is 2. The molecule has 6 nitrogen and oxygen atoms in total. The minimum atomic E-state index is -0.0912. The fraction of sp³-hybridized carbons (Fsp3) is 0.333. The van der Waals surface area contributed by atoms with E-state index >= 15 is 0 Å². The van der Waals surface area contributed by atoms with Gasteiger partial charge >= 0.3 is 0 Å². The Hall–Kier alpha value is -3.02. The molecule has 2 heterocycles. The van der Waals surface area contributed by atoms with Crippen LogP contribution in [0.25, 0.3) is 0 Å². The van der Waals surface area contributed by atoms with Crippen LogP contribution in [0.4, 0.5) is 11.4 Å². The van der Waals surface area contributed by atoms with Crippen molar-refractivity contribution in [1.82, 2.24) is 0 Å². The molecular formula is C21H22N2O4. The monoisotopic (exact) mass is 366 g/mol. The average molecular weight is 366 g/mol. The normalized spacial score (nSPS) is 15.4. The summed E-state index contributed by atoms with van der Waals surface area (Å²) in [5.74, 6) is 1.29. The summed E-state index contributed by atoms with van der Waals surface area (Å²) in [6.45, 7) is 0.619. The van der Waals surface area contributed by atoms with Crippen LogP contribution < -0.4 is 19.7 Å². The second-order valence-corrected chi connectivity index (χ2v) is 6.77. The molecule has 2 amide bonds. The summed E-state index contributed by atoms with van der Waals surface area (Å²) < 4.78 is 11.2. The molecule has 27 heavy (non-hydrogen) atoms. The largest absolute Gasteiger partial charge is 0.495 e. The highest BCUT2D eigenvalue weighted by Crippen LogP contribution is 2.36. The van der Waals surface area contributed by atoms with E-state index in [9.17, 15) is 9.59 Å². The SMILES string of the molecule is COc1cccc2c1N(C(=O)COc1ccc3c(c1)CCC(=O)N3)CCC2. The fourth-order valence-corrected chi connectivity index (χ4v) is 3.70. The molecule has 0 spiro atoms. The van der Waals surface area contributed by atoms with Gasteiger partial charge in [-0.1, -0.05) is 12.1 Å². The average Bonchev–Trinajstić information content (AvgIpc) is 2.71. The Kier molecular flexibility index (Phi) is 4.71.